The van der Waals surface area contributed by atoms with Crippen LogP contribution in [-0.2, 0) is 9.59 Å². The summed E-state index contributed by atoms with van der Waals surface area (Å²) < 4.78 is 0. The maximum atomic E-state index is 11.0. The summed E-state index contributed by atoms with van der Waals surface area (Å²) in [7, 11) is 1.31. The Morgan fingerprint density at radius 1 is 1.58 bits per heavy atom. The molecule has 0 aliphatic carbocycles. The third-order valence-electron chi connectivity index (χ3n) is 1.24. The second-order valence-corrected chi connectivity index (χ2v) is 3.07. The molecule has 1 rings (SSSR count). The summed E-state index contributed by atoms with van der Waals surface area (Å²) in [4.78, 5) is 32.8. The molecular formula is C6H5NO4S. The average molecular weight is 187 g/mol. The highest BCUT2D eigenvalue weighted by Gasteiger charge is 2.32. The topological polar surface area (TPSA) is 74.7 Å². The van der Waals surface area contributed by atoms with Crippen molar-refractivity contribution in [1.29, 1.82) is 0 Å². The number of likely N-dealkylation sites (N-methyl/N-ethyl adjacent to an activating group) is 1. The van der Waals surface area contributed by atoms with E-state index in [0.29, 0.717) is 11.8 Å². The third-order valence-corrected chi connectivity index (χ3v) is 2.20. The monoisotopic (exact) mass is 187 g/mol. The van der Waals surface area contributed by atoms with E-state index in [2.05, 4.69) is 0 Å². The molecule has 12 heavy (non-hydrogen) atoms. The third kappa shape index (κ3) is 1.48. The first-order chi connectivity index (χ1) is 5.52. The maximum absolute atomic E-state index is 11.0. The van der Waals surface area contributed by atoms with Crippen LogP contribution >= 0.6 is 11.8 Å². The van der Waals surface area contributed by atoms with E-state index in [4.69, 9.17) is 5.11 Å². The van der Waals surface area contributed by atoms with Crippen molar-refractivity contribution in [2.24, 2.45) is 0 Å². The van der Waals surface area contributed by atoms with Gasteiger partial charge in [-0.05, 0) is 11.8 Å². The Bertz CT molecular complexity index is 296. The fraction of sp³-hybridized carbons (Fsp3) is 0.167. The van der Waals surface area contributed by atoms with Gasteiger partial charge in [0.25, 0.3) is 11.1 Å². The molecule has 2 amide bonds. The van der Waals surface area contributed by atoms with Gasteiger partial charge in [0.15, 0.2) is 0 Å². The van der Waals surface area contributed by atoms with Gasteiger partial charge < -0.3 is 5.11 Å². The maximum Gasteiger partial charge on any atom is 0.329 e. The van der Waals surface area contributed by atoms with Crippen molar-refractivity contribution in [3.63, 3.8) is 0 Å². The van der Waals surface area contributed by atoms with Crippen molar-refractivity contribution in [2.45, 2.75) is 0 Å². The molecule has 1 heterocycles. The largest absolute Gasteiger partial charge is 0.478 e. The van der Waals surface area contributed by atoms with Crippen molar-refractivity contribution >= 4 is 28.9 Å². The minimum Gasteiger partial charge on any atom is -0.478 e. The van der Waals surface area contributed by atoms with Gasteiger partial charge in [-0.15, -0.1) is 0 Å². The standard InChI is InChI=1S/C6H5NO4S/c1-7-5(10)3(2-4(8)9)12-6(7)11/h2H,1H3,(H,8,9)/b3-2-. The lowest BCUT2D eigenvalue weighted by molar-refractivity contribution is -0.132. The molecule has 5 nitrogen and oxygen atoms in total. The van der Waals surface area contributed by atoms with Gasteiger partial charge in [0.05, 0.1) is 4.91 Å². The molecule has 0 aromatic carbocycles. The van der Waals surface area contributed by atoms with E-state index in [1.807, 2.05) is 0 Å². The normalized spacial score (nSPS) is 20.8. The van der Waals surface area contributed by atoms with Gasteiger partial charge in [-0.3, -0.25) is 14.5 Å². The number of carbonyl (C=O) groups is 3. The molecule has 0 unspecified atom stereocenters. The summed E-state index contributed by atoms with van der Waals surface area (Å²) in [5.41, 5.74) is 0. The van der Waals surface area contributed by atoms with Gasteiger partial charge in [0.2, 0.25) is 0 Å². The van der Waals surface area contributed by atoms with Crippen molar-refractivity contribution in [1.82, 2.24) is 4.90 Å². The van der Waals surface area contributed by atoms with Crippen LogP contribution in [0.5, 0.6) is 0 Å². The van der Waals surface area contributed by atoms with Gasteiger partial charge in [0.1, 0.15) is 0 Å². The highest BCUT2D eigenvalue weighted by Crippen LogP contribution is 2.28. The molecule has 0 atom stereocenters. The number of hydrogen-bond acceptors (Lipinski definition) is 4. The molecule has 0 saturated carbocycles. The van der Waals surface area contributed by atoms with Crippen LogP contribution in [-0.4, -0.2) is 34.2 Å². The lowest BCUT2D eigenvalue weighted by Gasteiger charge is -2.00. The molecule has 1 aliphatic rings. The SMILES string of the molecule is CN1C(=O)S/C(=C\C(=O)O)C1=O. The quantitative estimate of drug-likeness (QED) is 0.597. The highest BCUT2D eigenvalue weighted by atomic mass is 32.2. The zero-order valence-electron chi connectivity index (χ0n) is 6.10. The van der Waals surface area contributed by atoms with Gasteiger partial charge in [-0.1, -0.05) is 0 Å². The second kappa shape index (κ2) is 2.98. The number of amides is 2. The van der Waals surface area contributed by atoms with Crippen molar-refractivity contribution in [2.75, 3.05) is 7.05 Å². The first-order valence-corrected chi connectivity index (χ1v) is 3.78. The number of carboxylic acid groups (broad SMARTS) is 1. The van der Waals surface area contributed by atoms with Crippen LogP contribution in [0.15, 0.2) is 11.0 Å². The molecule has 1 fully saturated rings. The van der Waals surface area contributed by atoms with E-state index in [9.17, 15) is 14.4 Å². The molecule has 0 bridgehead atoms. The Balaban J connectivity index is 2.92. The Labute approximate surface area is 72.0 Å². The Kier molecular flexibility index (Phi) is 2.18. The highest BCUT2D eigenvalue weighted by molar-refractivity contribution is 8.18. The van der Waals surface area contributed by atoms with Gasteiger partial charge in [-0.25, -0.2) is 4.79 Å². The number of nitrogens with zero attached hydrogens (tertiary/aromatic N) is 1. The summed E-state index contributed by atoms with van der Waals surface area (Å²) >= 11 is 0.628. The van der Waals surface area contributed by atoms with Crippen LogP contribution in [0.2, 0.25) is 0 Å². The van der Waals surface area contributed by atoms with Gasteiger partial charge >= 0.3 is 5.97 Å². The number of aliphatic carboxylic acids is 1. The molecule has 0 radical (unpaired) electrons. The smallest absolute Gasteiger partial charge is 0.329 e. The second-order valence-electron chi connectivity index (χ2n) is 2.08. The van der Waals surface area contributed by atoms with Crippen LogP contribution < -0.4 is 0 Å². The Hall–Kier alpha value is -1.30. The predicted octanol–water partition coefficient (Wildman–Crippen LogP) is 0.280. The molecule has 6 heteroatoms. The van der Waals surface area contributed by atoms with Crippen LogP contribution in [0.3, 0.4) is 0 Å². The molecule has 64 valence electrons. The van der Waals surface area contributed by atoms with E-state index in [-0.39, 0.29) is 4.91 Å². The lowest BCUT2D eigenvalue weighted by Crippen LogP contribution is -2.22. The minimum atomic E-state index is -1.23. The van der Waals surface area contributed by atoms with Crippen LogP contribution in [0.1, 0.15) is 0 Å². The van der Waals surface area contributed by atoms with Gasteiger partial charge in [0, 0.05) is 13.1 Å². The summed E-state index contributed by atoms with van der Waals surface area (Å²) in [6.45, 7) is 0. The van der Waals surface area contributed by atoms with Crippen molar-refractivity contribution in [3.8, 4) is 0 Å². The van der Waals surface area contributed by atoms with Crippen molar-refractivity contribution in [3.05, 3.63) is 11.0 Å². The molecule has 0 spiro atoms. The first-order valence-electron chi connectivity index (χ1n) is 2.97. The molecule has 0 aromatic heterocycles. The number of imide groups is 1. The summed E-state index contributed by atoms with van der Waals surface area (Å²) in [5.74, 6) is -1.79. The van der Waals surface area contributed by atoms with E-state index < -0.39 is 17.1 Å². The fourth-order valence-electron chi connectivity index (χ4n) is 0.658. The molecule has 1 saturated heterocycles. The van der Waals surface area contributed by atoms with Crippen LogP contribution in [0.25, 0.3) is 0 Å². The number of carboxylic acids is 1. The number of rotatable bonds is 1. The first kappa shape index (κ1) is 8.79. The number of thioether (sulfide) groups is 1. The summed E-state index contributed by atoms with van der Waals surface area (Å²) in [5, 5.41) is 7.84. The Morgan fingerprint density at radius 2 is 2.17 bits per heavy atom. The summed E-state index contributed by atoms with van der Waals surface area (Å²) in [6.07, 6.45) is 0.731. The molecule has 0 aromatic rings. The lowest BCUT2D eigenvalue weighted by atomic mass is 10.4. The average Bonchev–Trinajstić information content (AvgIpc) is 2.17. The summed E-state index contributed by atoms with van der Waals surface area (Å²) in [6, 6.07) is 0. The van der Waals surface area contributed by atoms with E-state index in [1.54, 1.807) is 0 Å². The number of carbonyl (C=O) groups excluding carboxylic acids is 2. The fourth-order valence-corrected chi connectivity index (χ4v) is 1.45. The van der Waals surface area contributed by atoms with Gasteiger partial charge in [-0.2, -0.15) is 0 Å². The zero-order chi connectivity index (χ0) is 9.30. The van der Waals surface area contributed by atoms with Crippen LogP contribution in [0, 0.1) is 0 Å². The minimum absolute atomic E-state index is 0.0463. The molecule has 1 N–H and O–H groups in total. The number of hydrogen-bond donors (Lipinski definition) is 1. The Morgan fingerprint density at radius 3 is 2.50 bits per heavy atom. The van der Waals surface area contributed by atoms with E-state index >= 15 is 0 Å². The van der Waals surface area contributed by atoms with E-state index in [0.717, 1.165) is 11.0 Å². The molecular weight excluding hydrogens is 182 g/mol. The van der Waals surface area contributed by atoms with Crippen LogP contribution in [0.4, 0.5) is 4.79 Å². The predicted molar refractivity (Wildman–Crippen MR) is 41.5 cm³/mol. The zero-order valence-corrected chi connectivity index (χ0v) is 6.92. The van der Waals surface area contributed by atoms with E-state index in [1.165, 1.54) is 7.05 Å². The van der Waals surface area contributed by atoms with Crippen molar-refractivity contribution < 1.29 is 19.5 Å². The molecule has 1 aliphatic heterocycles.